The van der Waals surface area contributed by atoms with Gasteiger partial charge in [0, 0.05) is 11.3 Å². The first kappa shape index (κ1) is 20.0. The first-order valence-electron chi connectivity index (χ1n) is 9.20. The normalized spacial score (nSPS) is 12.3. The molecule has 6 heteroatoms. The summed E-state index contributed by atoms with van der Waals surface area (Å²) in [5.74, 6) is -0.774. The molecule has 3 aromatic rings. The van der Waals surface area contributed by atoms with Crippen LogP contribution in [0.25, 0.3) is 11.8 Å². The molecule has 0 fully saturated rings. The van der Waals surface area contributed by atoms with Crippen molar-refractivity contribution in [3.8, 4) is 11.8 Å². The standard InChI is InChI=1S/C23H21FN4O/c1-15(18-7-5-4-6-8-18)26-23(29)19(14-25)13-22-16(2)27-28(17(22)3)21-11-9-20(24)10-12-21/h4-13,15H,1-3H3,(H,26,29)/b19-13+/t15-/m0/s1. The lowest BCUT2D eigenvalue weighted by molar-refractivity contribution is -0.117. The molecule has 5 nitrogen and oxygen atoms in total. The number of hydrogen-bond acceptors (Lipinski definition) is 3. The lowest BCUT2D eigenvalue weighted by atomic mass is 10.1. The zero-order chi connectivity index (χ0) is 21.0. The van der Waals surface area contributed by atoms with Crippen molar-refractivity contribution in [3.05, 3.63) is 88.5 Å². The van der Waals surface area contributed by atoms with Gasteiger partial charge in [-0.25, -0.2) is 9.07 Å². The maximum atomic E-state index is 13.2. The molecule has 0 bridgehead atoms. The molecule has 0 saturated heterocycles. The highest BCUT2D eigenvalue weighted by Gasteiger charge is 2.17. The van der Waals surface area contributed by atoms with Gasteiger partial charge in [0.1, 0.15) is 17.5 Å². The van der Waals surface area contributed by atoms with Crippen LogP contribution in [0.5, 0.6) is 0 Å². The Kier molecular flexibility index (Phi) is 5.89. The van der Waals surface area contributed by atoms with E-state index in [-0.39, 0.29) is 17.4 Å². The van der Waals surface area contributed by atoms with Crippen molar-refractivity contribution in [1.82, 2.24) is 15.1 Å². The van der Waals surface area contributed by atoms with Crippen molar-refractivity contribution in [1.29, 1.82) is 5.26 Å². The van der Waals surface area contributed by atoms with E-state index in [9.17, 15) is 14.4 Å². The average molecular weight is 388 g/mol. The average Bonchev–Trinajstić information content (AvgIpc) is 3.00. The molecule has 0 aliphatic heterocycles. The number of halogens is 1. The first-order chi connectivity index (χ1) is 13.9. The molecular formula is C23H21FN4O. The van der Waals surface area contributed by atoms with Crippen LogP contribution in [-0.2, 0) is 4.79 Å². The number of aromatic nitrogens is 2. The van der Waals surface area contributed by atoms with Crippen LogP contribution < -0.4 is 5.32 Å². The van der Waals surface area contributed by atoms with Gasteiger partial charge >= 0.3 is 0 Å². The van der Waals surface area contributed by atoms with E-state index >= 15 is 0 Å². The molecule has 0 aliphatic rings. The smallest absolute Gasteiger partial charge is 0.262 e. The first-order valence-corrected chi connectivity index (χ1v) is 9.20. The number of benzene rings is 2. The Balaban J connectivity index is 1.88. The minimum atomic E-state index is -0.447. The van der Waals surface area contributed by atoms with Crippen molar-refractivity contribution >= 4 is 12.0 Å². The summed E-state index contributed by atoms with van der Waals surface area (Å²) in [4.78, 5) is 12.6. The van der Waals surface area contributed by atoms with Gasteiger partial charge in [0.05, 0.1) is 17.4 Å². The quantitative estimate of drug-likeness (QED) is 0.520. The third-order valence-electron chi connectivity index (χ3n) is 4.72. The number of carbonyl (C=O) groups excluding carboxylic acids is 1. The van der Waals surface area contributed by atoms with E-state index in [0.717, 1.165) is 11.3 Å². The van der Waals surface area contributed by atoms with Crippen molar-refractivity contribution in [2.45, 2.75) is 26.8 Å². The van der Waals surface area contributed by atoms with Crippen molar-refractivity contribution in [3.63, 3.8) is 0 Å². The minimum Gasteiger partial charge on any atom is -0.345 e. The molecule has 146 valence electrons. The summed E-state index contributed by atoms with van der Waals surface area (Å²) in [6, 6.07) is 17.3. The molecule has 3 rings (SSSR count). The summed E-state index contributed by atoms with van der Waals surface area (Å²) < 4.78 is 14.9. The highest BCUT2D eigenvalue weighted by molar-refractivity contribution is 6.02. The van der Waals surface area contributed by atoms with Crippen molar-refractivity contribution in [2.24, 2.45) is 0 Å². The molecule has 1 aromatic heterocycles. The van der Waals surface area contributed by atoms with Crippen LogP contribution in [-0.4, -0.2) is 15.7 Å². The Bertz CT molecular complexity index is 1090. The van der Waals surface area contributed by atoms with Gasteiger partial charge in [-0.3, -0.25) is 4.79 Å². The van der Waals surface area contributed by atoms with Crippen LogP contribution in [0.1, 0.15) is 35.5 Å². The fourth-order valence-electron chi connectivity index (χ4n) is 3.09. The zero-order valence-electron chi connectivity index (χ0n) is 16.5. The monoisotopic (exact) mass is 388 g/mol. The van der Waals surface area contributed by atoms with Gasteiger partial charge < -0.3 is 5.32 Å². The molecule has 1 N–H and O–H groups in total. The molecule has 0 saturated carbocycles. The summed E-state index contributed by atoms with van der Waals surface area (Å²) in [6.07, 6.45) is 1.55. The van der Waals surface area contributed by atoms with Crippen LogP contribution in [0, 0.1) is 31.0 Å². The van der Waals surface area contributed by atoms with Crippen LogP contribution >= 0.6 is 0 Å². The van der Waals surface area contributed by atoms with Crippen molar-refractivity contribution < 1.29 is 9.18 Å². The van der Waals surface area contributed by atoms with E-state index in [4.69, 9.17) is 0 Å². The third kappa shape index (κ3) is 4.41. The predicted octanol–water partition coefficient (Wildman–Crippen LogP) is 4.41. The van der Waals surface area contributed by atoms with Gasteiger partial charge in [0.25, 0.3) is 5.91 Å². The topological polar surface area (TPSA) is 70.7 Å². The van der Waals surface area contributed by atoms with Gasteiger partial charge in [0.2, 0.25) is 0 Å². The van der Waals surface area contributed by atoms with E-state index < -0.39 is 5.91 Å². The Morgan fingerprint density at radius 2 is 1.83 bits per heavy atom. The van der Waals surface area contributed by atoms with E-state index in [1.807, 2.05) is 50.2 Å². The lowest BCUT2D eigenvalue weighted by Gasteiger charge is -2.13. The summed E-state index contributed by atoms with van der Waals surface area (Å²) >= 11 is 0. The molecule has 1 atom stereocenters. The summed E-state index contributed by atoms with van der Waals surface area (Å²) in [6.45, 7) is 5.51. The van der Waals surface area contributed by atoms with Crippen LogP contribution in [0.2, 0.25) is 0 Å². The predicted molar refractivity (Wildman–Crippen MR) is 110 cm³/mol. The molecule has 1 heterocycles. The zero-order valence-corrected chi connectivity index (χ0v) is 16.5. The van der Waals surface area contributed by atoms with Gasteiger partial charge in [-0.1, -0.05) is 30.3 Å². The maximum absolute atomic E-state index is 13.2. The number of amides is 1. The fourth-order valence-corrected chi connectivity index (χ4v) is 3.09. The third-order valence-corrected chi connectivity index (χ3v) is 4.72. The molecule has 1 amide bonds. The number of nitrogens with zero attached hydrogens (tertiary/aromatic N) is 3. The lowest BCUT2D eigenvalue weighted by Crippen LogP contribution is -2.27. The Morgan fingerprint density at radius 3 is 2.45 bits per heavy atom. The Hall–Kier alpha value is -3.72. The molecule has 29 heavy (non-hydrogen) atoms. The maximum Gasteiger partial charge on any atom is 0.262 e. The number of carbonyl (C=O) groups is 1. The minimum absolute atomic E-state index is 0.00219. The summed E-state index contributed by atoms with van der Waals surface area (Å²) in [5, 5.41) is 16.9. The number of rotatable bonds is 5. The molecule has 0 unspecified atom stereocenters. The van der Waals surface area contributed by atoms with Gasteiger partial charge in [-0.2, -0.15) is 10.4 Å². The highest BCUT2D eigenvalue weighted by atomic mass is 19.1. The molecular weight excluding hydrogens is 367 g/mol. The van der Waals surface area contributed by atoms with Gasteiger partial charge in [-0.05, 0) is 56.7 Å². The SMILES string of the molecule is Cc1nn(-c2ccc(F)cc2)c(C)c1/C=C(\C#N)C(=O)N[C@@H](C)c1ccccc1. The fraction of sp³-hybridized carbons (Fsp3) is 0.174. The van der Waals surface area contributed by atoms with Crippen LogP contribution in [0.3, 0.4) is 0 Å². The van der Waals surface area contributed by atoms with Crippen LogP contribution in [0.15, 0.2) is 60.2 Å². The second kappa shape index (κ2) is 8.53. The molecule has 0 aliphatic carbocycles. The second-order valence-electron chi connectivity index (χ2n) is 6.75. The molecule has 2 aromatic carbocycles. The molecule has 0 radical (unpaired) electrons. The second-order valence-corrected chi connectivity index (χ2v) is 6.75. The Labute approximate surface area is 169 Å². The highest BCUT2D eigenvalue weighted by Crippen LogP contribution is 2.21. The van der Waals surface area contributed by atoms with Gasteiger partial charge in [-0.15, -0.1) is 0 Å². The van der Waals surface area contributed by atoms with Gasteiger partial charge in [0.15, 0.2) is 0 Å². The van der Waals surface area contributed by atoms with E-state index in [1.165, 1.54) is 12.1 Å². The number of nitrogens with one attached hydrogen (secondary N) is 1. The van der Waals surface area contributed by atoms with E-state index in [0.29, 0.717) is 16.9 Å². The summed E-state index contributed by atoms with van der Waals surface area (Å²) in [7, 11) is 0. The summed E-state index contributed by atoms with van der Waals surface area (Å²) in [5.41, 5.74) is 3.77. The number of hydrogen-bond donors (Lipinski definition) is 1. The molecule has 0 spiro atoms. The Morgan fingerprint density at radius 1 is 1.17 bits per heavy atom. The van der Waals surface area contributed by atoms with E-state index in [1.54, 1.807) is 29.8 Å². The number of aryl methyl sites for hydroxylation is 1. The number of nitriles is 1. The largest absolute Gasteiger partial charge is 0.345 e. The van der Waals surface area contributed by atoms with Crippen molar-refractivity contribution in [2.75, 3.05) is 0 Å². The van der Waals surface area contributed by atoms with E-state index in [2.05, 4.69) is 10.4 Å². The van der Waals surface area contributed by atoms with Crippen LogP contribution in [0.4, 0.5) is 4.39 Å².